The van der Waals surface area contributed by atoms with Gasteiger partial charge in [0, 0.05) is 43.4 Å². The molecule has 1 N–H and O–H groups in total. The minimum absolute atomic E-state index is 0. The van der Waals surface area contributed by atoms with Crippen LogP contribution < -0.4 is 5.32 Å². The van der Waals surface area contributed by atoms with E-state index in [9.17, 15) is 9.18 Å². The lowest BCUT2D eigenvalue weighted by molar-refractivity contribution is 0.0657. The van der Waals surface area contributed by atoms with Gasteiger partial charge in [-0.2, -0.15) is 0 Å². The number of piperazine rings is 1. The van der Waals surface area contributed by atoms with E-state index < -0.39 is 0 Å². The number of carbonyl (C=O) groups excluding carboxylic acids is 1. The van der Waals surface area contributed by atoms with E-state index >= 15 is 0 Å². The molecule has 1 saturated heterocycles. The third-order valence-electron chi connectivity index (χ3n) is 4.37. The number of furan rings is 1. The SMILES string of the molecule is CCNC(=NCCSc1ccc(F)cc1)N1CCN(C(=O)c2ccco2)CC1.I. The van der Waals surface area contributed by atoms with Gasteiger partial charge in [-0.05, 0) is 43.3 Å². The first-order chi connectivity index (χ1) is 13.7. The van der Waals surface area contributed by atoms with E-state index in [-0.39, 0.29) is 35.7 Å². The predicted molar refractivity (Wildman–Crippen MR) is 125 cm³/mol. The molecule has 1 amide bonds. The Hall–Kier alpha value is -1.75. The van der Waals surface area contributed by atoms with Crippen molar-refractivity contribution < 1.29 is 13.6 Å². The van der Waals surface area contributed by atoms with Crippen molar-refractivity contribution in [2.45, 2.75) is 11.8 Å². The van der Waals surface area contributed by atoms with Crippen LogP contribution in [0.5, 0.6) is 0 Å². The second kappa shape index (κ2) is 12.1. The van der Waals surface area contributed by atoms with Crippen LogP contribution in [0, 0.1) is 5.82 Å². The van der Waals surface area contributed by atoms with Gasteiger partial charge in [0.25, 0.3) is 5.91 Å². The monoisotopic (exact) mass is 532 g/mol. The van der Waals surface area contributed by atoms with Crippen LogP contribution in [0.3, 0.4) is 0 Å². The van der Waals surface area contributed by atoms with E-state index in [1.54, 1.807) is 36.0 Å². The van der Waals surface area contributed by atoms with Crippen molar-refractivity contribution in [2.24, 2.45) is 4.99 Å². The van der Waals surface area contributed by atoms with Crippen LogP contribution in [0.25, 0.3) is 0 Å². The third-order valence-corrected chi connectivity index (χ3v) is 5.36. The summed E-state index contributed by atoms with van der Waals surface area (Å²) in [6.45, 7) is 6.21. The van der Waals surface area contributed by atoms with E-state index in [1.165, 1.54) is 18.4 Å². The van der Waals surface area contributed by atoms with Crippen LogP contribution in [0.2, 0.25) is 0 Å². The number of aliphatic imine (C=N–C) groups is 1. The molecule has 0 atom stereocenters. The number of carbonyl (C=O) groups is 1. The summed E-state index contributed by atoms with van der Waals surface area (Å²) in [5, 5.41) is 3.33. The van der Waals surface area contributed by atoms with E-state index in [4.69, 9.17) is 9.41 Å². The first-order valence-corrected chi connectivity index (χ1v) is 10.4. The van der Waals surface area contributed by atoms with Gasteiger partial charge < -0.3 is 19.5 Å². The highest BCUT2D eigenvalue weighted by molar-refractivity contribution is 14.0. The van der Waals surface area contributed by atoms with Gasteiger partial charge >= 0.3 is 0 Å². The average molecular weight is 532 g/mol. The fourth-order valence-electron chi connectivity index (χ4n) is 2.95. The summed E-state index contributed by atoms with van der Waals surface area (Å²) in [7, 11) is 0. The predicted octanol–water partition coefficient (Wildman–Crippen LogP) is 3.55. The second-order valence-corrected chi connectivity index (χ2v) is 7.46. The Kier molecular flexibility index (Phi) is 9.79. The number of hydrogen-bond donors (Lipinski definition) is 1. The van der Waals surface area contributed by atoms with Gasteiger partial charge in [0.15, 0.2) is 11.7 Å². The Morgan fingerprint density at radius 1 is 1.17 bits per heavy atom. The first-order valence-electron chi connectivity index (χ1n) is 9.42. The number of nitrogens with one attached hydrogen (secondary N) is 1. The lowest BCUT2D eigenvalue weighted by Crippen LogP contribution is -2.53. The molecule has 1 fully saturated rings. The van der Waals surface area contributed by atoms with Crippen molar-refractivity contribution >= 4 is 47.6 Å². The van der Waals surface area contributed by atoms with Crippen LogP contribution in [0.4, 0.5) is 4.39 Å². The zero-order chi connectivity index (χ0) is 19.8. The summed E-state index contributed by atoms with van der Waals surface area (Å²) in [6, 6.07) is 9.93. The van der Waals surface area contributed by atoms with E-state index in [0.717, 1.165) is 36.2 Å². The topological polar surface area (TPSA) is 61.1 Å². The van der Waals surface area contributed by atoms with Gasteiger partial charge in [-0.15, -0.1) is 35.7 Å². The third kappa shape index (κ3) is 6.91. The molecule has 1 aliphatic rings. The molecule has 0 bridgehead atoms. The Morgan fingerprint density at radius 3 is 2.48 bits per heavy atom. The zero-order valence-corrected chi connectivity index (χ0v) is 19.5. The number of amides is 1. The minimum atomic E-state index is -0.221. The lowest BCUT2D eigenvalue weighted by atomic mass is 10.3. The largest absolute Gasteiger partial charge is 0.459 e. The van der Waals surface area contributed by atoms with Gasteiger partial charge in [-0.25, -0.2) is 4.39 Å². The second-order valence-electron chi connectivity index (χ2n) is 6.29. The molecule has 29 heavy (non-hydrogen) atoms. The molecule has 0 unspecified atom stereocenters. The maximum atomic E-state index is 13.0. The molecule has 1 aromatic carbocycles. The number of thioether (sulfide) groups is 1. The van der Waals surface area contributed by atoms with Gasteiger partial charge in [0.05, 0.1) is 12.8 Å². The fourth-order valence-corrected chi connectivity index (χ4v) is 3.70. The maximum absolute atomic E-state index is 13.0. The van der Waals surface area contributed by atoms with Crippen LogP contribution in [0.15, 0.2) is 57.0 Å². The fraction of sp³-hybridized carbons (Fsp3) is 0.400. The molecule has 0 aliphatic carbocycles. The molecule has 0 radical (unpaired) electrons. The summed E-state index contributed by atoms with van der Waals surface area (Å²) in [5.74, 6) is 1.78. The van der Waals surface area contributed by atoms with Crippen LogP contribution in [-0.2, 0) is 0 Å². The summed E-state index contributed by atoms with van der Waals surface area (Å²) < 4.78 is 18.2. The molecule has 1 aliphatic heterocycles. The highest BCUT2D eigenvalue weighted by atomic mass is 127. The molecular formula is C20H26FIN4O2S. The number of rotatable bonds is 6. The molecule has 3 rings (SSSR count). The molecule has 0 saturated carbocycles. The Balaban J connectivity index is 0.00000300. The van der Waals surface area contributed by atoms with Crippen molar-refractivity contribution in [1.82, 2.24) is 15.1 Å². The van der Waals surface area contributed by atoms with E-state index in [2.05, 4.69) is 10.2 Å². The Labute approximate surface area is 191 Å². The average Bonchev–Trinajstić information content (AvgIpc) is 3.26. The molecule has 2 heterocycles. The molecule has 1 aromatic heterocycles. The van der Waals surface area contributed by atoms with Crippen LogP contribution in [0.1, 0.15) is 17.5 Å². The smallest absolute Gasteiger partial charge is 0.289 e. The van der Waals surface area contributed by atoms with Gasteiger partial charge in [-0.3, -0.25) is 9.79 Å². The normalized spacial score (nSPS) is 14.5. The molecule has 0 spiro atoms. The Bertz CT molecular complexity index is 778. The maximum Gasteiger partial charge on any atom is 0.289 e. The quantitative estimate of drug-likeness (QED) is 0.203. The number of benzene rings is 1. The van der Waals surface area contributed by atoms with Crippen molar-refractivity contribution in [3.05, 3.63) is 54.2 Å². The van der Waals surface area contributed by atoms with Crippen molar-refractivity contribution in [1.29, 1.82) is 0 Å². The lowest BCUT2D eigenvalue weighted by Gasteiger charge is -2.36. The van der Waals surface area contributed by atoms with E-state index in [0.29, 0.717) is 25.4 Å². The highest BCUT2D eigenvalue weighted by Gasteiger charge is 2.25. The van der Waals surface area contributed by atoms with Crippen molar-refractivity contribution in [3.8, 4) is 0 Å². The van der Waals surface area contributed by atoms with Gasteiger partial charge in [-0.1, -0.05) is 0 Å². The zero-order valence-electron chi connectivity index (χ0n) is 16.3. The summed E-state index contributed by atoms with van der Waals surface area (Å²) in [4.78, 5) is 22.1. The van der Waals surface area contributed by atoms with Crippen LogP contribution >= 0.6 is 35.7 Å². The summed E-state index contributed by atoms with van der Waals surface area (Å²) >= 11 is 1.66. The number of guanidine groups is 1. The number of hydrogen-bond acceptors (Lipinski definition) is 4. The number of nitrogens with zero attached hydrogens (tertiary/aromatic N) is 3. The highest BCUT2D eigenvalue weighted by Crippen LogP contribution is 2.17. The minimum Gasteiger partial charge on any atom is -0.459 e. The summed E-state index contributed by atoms with van der Waals surface area (Å²) in [5.41, 5.74) is 0. The van der Waals surface area contributed by atoms with Crippen molar-refractivity contribution in [3.63, 3.8) is 0 Å². The molecule has 158 valence electrons. The van der Waals surface area contributed by atoms with E-state index in [1.807, 2.05) is 11.8 Å². The first kappa shape index (κ1) is 23.5. The Morgan fingerprint density at radius 2 is 1.86 bits per heavy atom. The van der Waals surface area contributed by atoms with Crippen LogP contribution in [-0.4, -0.2) is 66.7 Å². The van der Waals surface area contributed by atoms with Gasteiger partial charge in [0.2, 0.25) is 0 Å². The van der Waals surface area contributed by atoms with Gasteiger partial charge in [0.1, 0.15) is 5.82 Å². The molecule has 9 heteroatoms. The molecule has 6 nitrogen and oxygen atoms in total. The summed E-state index contributed by atoms with van der Waals surface area (Å²) in [6.07, 6.45) is 1.52. The standard InChI is InChI=1S/C20H25FN4O2S.HI/c1-2-22-20(23-9-15-28-17-7-5-16(21)6-8-17)25-12-10-24(11-13-25)19(26)18-4-3-14-27-18;/h3-8,14H,2,9-13,15H2,1H3,(H,22,23);1H. The molecule has 2 aromatic rings. The molecular weight excluding hydrogens is 506 g/mol. The van der Waals surface area contributed by atoms with Crippen molar-refractivity contribution in [2.75, 3.05) is 45.0 Å². The number of halogens is 2.